The van der Waals surface area contributed by atoms with Gasteiger partial charge in [-0.1, -0.05) is 0 Å². The first-order valence-electron chi connectivity index (χ1n) is 5.75. The molecule has 0 aromatic heterocycles. The number of alkyl halides is 3. The van der Waals surface area contributed by atoms with E-state index >= 15 is 0 Å². The molecule has 1 aliphatic rings. The molecule has 1 aromatic carbocycles. The van der Waals surface area contributed by atoms with Gasteiger partial charge < -0.3 is 10.6 Å². The molecular weight excluding hydrogens is 248 g/mol. The number of rotatable bonds is 1. The lowest BCUT2D eigenvalue weighted by Crippen LogP contribution is -2.39. The van der Waals surface area contributed by atoms with Crippen molar-refractivity contribution in [3.05, 3.63) is 29.6 Å². The quantitative estimate of drug-likeness (QED) is 0.788. The maximum absolute atomic E-state index is 13.1. The zero-order valence-electron chi connectivity index (χ0n) is 9.67. The fraction of sp³-hybridized carbons (Fsp3) is 0.500. The van der Waals surface area contributed by atoms with Gasteiger partial charge in [0.05, 0.1) is 5.56 Å². The Kier molecular flexibility index (Phi) is 3.47. The molecule has 18 heavy (non-hydrogen) atoms. The van der Waals surface area contributed by atoms with E-state index in [-0.39, 0.29) is 6.04 Å². The summed E-state index contributed by atoms with van der Waals surface area (Å²) in [5.74, 6) is -1.24. The van der Waals surface area contributed by atoms with Gasteiger partial charge in [-0.2, -0.15) is 13.2 Å². The molecule has 0 saturated carbocycles. The van der Waals surface area contributed by atoms with Crippen molar-refractivity contribution in [2.75, 3.05) is 18.0 Å². The lowest BCUT2D eigenvalue weighted by atomic mass is 10.0. The van der Waals surface area contributed by atoms with Gasteiger partial charge in [0.2, 0.25) is 0 Å². The molecule has 100 valence electrons. The van der Waals surface area contributed by atoms with E-state index in [1.165, 1.54) is 6.07 Å². The summed E-state index contributed by atoms with van der Waals surface area (Å²) in [6.07, 6.45) is -3.19. The van der Waals surface area contributed by atoms with Crippen LogP contribution in [0, 0.1) is 5.82 Å². The van der Waals surface area contributed by atoms with Gasteiger partial charge in [0.25, 0.3) is 0 Å². The highest BCUT2D eigenvalue weighted by molar-refractivity contribution is 5.50. The van der Waals surface area contributed by atoms with E-state index < -0.39 is 17.6 Å². The standard InChI is InChI=1S/C12H14F4N2/c13-11-2-1-9(7-10(11)12(14,15)16)18-5-3-8(17)4-6-18/h1-2,7-8H,3-6,17H2. The zero-order chi connectivity index (χ0) is 13.3. The average molecular weight is 262 g/mol. The summed E-state index contributed by atoms with van der Waals surface area (Å²) in [6.45, 7) is 1.20. The molecule has 0 amide bonds. The molecule has 1 fully saturated rings. The van der Waals surface area contributed by atoms with Gasteiger partial charge in [0.15, 0.2) is 0 Å². The minimum absolute atomic E-state index is 0.101. The highest BCUT2D eigenvalue weighted by Crippen LogP contribution is 2.34. The molecule has 0 aliphatic carbocycles. The van der Waals surface area contributed by atoms with Crippen molar-refractivity contribution in [3.63, 3.8) is 0 Å². The van der Waals surface area contributed by atoms with Crippen LogP contribution in [0.4, 0.5) is 23.2 Å². The first-order chi connectivity index (χ1) is 8.38. The minimum atomic E-state index is -4.66. The van der Waals surface area contributed by atoms with Crippen molar-refractivity contribution in [1.29, 1.82) is 0 Å². The van der Waals surface area contributed by atoms with Crippen LogP contribution in [-0.2, 0) is 6.18 Å². The van der Waals surface area contributed by atoms with Crippen molar-refractivity contribution in [3.8, 4) is 0 Å². The van der Waals surface area contributed by atoms with Crippen LogP contribution in [0.25, 0.3) is 0 Å². The lowest BCUT2D eigenvalue weighted by Gasteiger charge is -2.32. The topological polar surface area (TPSA) is 29.3 Å². The summed E-state index contributed by atoms with van der Waals surface area (Å²) in [7, 11) is 0. The second-order valence-electron chi connectivity index (χ2n) is 4.49. The van der Waals surface area contributed by atoms with Crippen molar-refractivity contribution in [1.82, 2.24) is 0 Å². The van der Waals surface area contributed by atoms with Gasteiger partial charge in [-0.25, -0.2) is 4.39 Å². The normalized spacial score (nSPS) is 18.2. The van der Waals surface area contributed by atoms with Crippen molar-refractivity contribution >= 4 is 5.69 Å². The third-order valence-corrected chi connectivity index (χ3v) is 3.16. The number of anilines is 1. The Morgan fingerprint density at radius 1 is 1.17 bits per heavy atom. The Hall–Kier alpha value is -1.30. The Morgan fingerprint density at radius 3 is 2.33 bits per heavy atom. The van der Waals surface area contributed by atoms with Crippen molar-refractivity contribution in [2.45, 2.75) is 25.1 Å². The van der Waals surface area contributed by atoms with Crippen molar-refractivity contribution < 1.29 is 17.6 Å². The van der Waals surface area contributed by atoms with Gasteiger partial charge in [0, 0.05) is 24.8 Å². The maximum Gasteiger partial charge on any atom is 0.419 e. The molecule has 0 bridgehead atoms. The average Bonchev–Trinajstić information content (AvgIpc) is 2.29. The third kappa shape index (κ3) is 2.75. The first-order valence-corrected chi connectivity index (χ1v) is 5.75. The number of nitrogens with two attached hydrogens (primary N) is 1. The van der Waals surface area contributed by atoms with E-state index in [9.17, 15) is 17.6 Å². The molecule has 0 radical (unpaired) electrons. The molecule has 0 unspecified atom stereocenters. The predicted molar refractivity (Wildman–Crippen MR) is 60.8 cm³/mol. The summed E-state index contributed by atoms with van der Waals surface area (Å²) in [4.78, 5) is 1.80. The van der Waals surface area contributed by atoms with E-state index in [2.05, 4.69) is 0 Å². The lowest BCUT2D eigenvalue weighted by molar-refractivity contribution is -0.139. The molecular formula is C12H14F4N2. The van der Waals surface area contributed by atoms with Gasteiger partial charge >= 0.3 is 6.18 Å². The molecule has 1 aliphatic heterocycles. The summed E-state index contributed by atoms with van der Waals surface area (Å²) in [5, 5.41) is 0. The van der Waals surface area contributed by atoms with E-state index in [1.54, 1.807) is 4.90 Å². The number of benzene rings is 1. The van der Waals surface area contributed by atoms with Crippen LogP contribution in [0.15, 0.2) is 18.2 Å². The Labute approximate surface area is 102 Å². The number of nitrogens with zero attached hydrogens (tertiary/aromatic N) is 1. The molecule has 2 N–H and O–H groups in total. The van der Waals surface area contributed by atoms with E-state index in [0.717, 1.165) is 25.0 Å². The summed E-state index contributed by atoms with van der Waals surface area (Å²) in [6, 6.07) is 3.21. The second-order valence-corrected chi connectivity index (χ2v) is 4.49. The van der Waals surface area contributed by atoms with E-state index in [4.69, 9.17) is 5.73 Å². The van der Waals surface area contributed by atoms with Crippen LogP contribution in [-0.4, -0.2) is 19.1 Å². The van der Waals surface area contributed by atoms with Gasteiger partial charge in [0.1, 0.15) is 5.82 Å². The second kappa shape index (κ2) is 4.76. The Morgan fingerprint density at radius 2 is 1.78 bits per heavy atom. The fourth-order valence-electron chi connectivity index (χ4n) is 2.08. The molecule has 0 spiro atoms. The number of piperidine rings is 1. The molecule has 2 nitrogen and oxygen atoms in total. The SMILES string of the molecule is NC1CCN(c2ccc(F)c(C(F)(F)F)c2)CC1. The highest BCUT2D eigenvalue weighted by atomic mass is 19.4. The summed E-state index contributed by atoms with van der Waals surface area (Å²) < 4.78 is 50.9. The molecule has 0 atom stereocenters. The predicted octanol–water partition coefficient (Wildman–Crippen LogP) is 2.77. The largest absolute Gasteiger partial charge is 0.419 e. The molecule has 2 rings (SSSR count). The fourth-order valence-corrected chi connectivity index (χ4v) is 2.08. The molecule has 1 heterocycles. The minimum Gasteiger partial charge on any atom is -0.371 e. The first kappa shape index (κ1) is 13.1. The van der Waals surface area contributed by atoms with E-state index in [1.807, 2.05) is 0 Å². The summed E-state index contributed by atoms with van der Waals surface area (Å²) in [5.41, 5.74) is 4.92. The smallest absolute Gasteiger partial charge is 0.371 e. The maximum atomic E-state index is 13.1. The van der Waals surface area contributed by atoms with Crippen LogP contribution in [0.1, 0.15) is 18.4 Å². The van der Waals surface area contributed by atoms with Gasteiger partial charge in [-0.15, -0.1) is 0 Å². The summed E-state index contributed by atoms with van der Waals surface area (Å²) >= 11 is 0. The molecule has 6 heteroatoms. The number of hydrogen-bond acceptors (Lipinski definition) is 2. The third-order valence-electron chi connectivity index (χ3n) is 3.16. The monoisotopic (exact) mass is 262 g/mol. The van der Waals surface area contributed by atoms with Gasteiger partial charge in [-0.05, 0) is 31.0 Å². The Bertz CT molecular complexity index is 423. The van der Waals surface area contributed by atoms with Crippen LogP contribution < -0.4 is 10.6 Å². The van der Waals surface area contributed by atoms with Crippen LogP contribution in [0.2, 0.25) is 0 Å². The van der Waals surface area contributed by atoms with Crippen LogP contribution in [0.5, 0.6) is 0 Å². The van der Waals surface area contributed by atoms with Crippen LogP contribution in [0.3, 0.4) is 0 Å². The zero-order valence-corrected chi connectivity index (χ0v) is 9.67. The van der Waals surface area contributed by atoms with Gasteiger partial charge in [-0.3, -0.25) is 0 Å². The molecule has 1 saturated heterocycles. The molecule has 1 aromatic rings. The number of hydrogen-bond donors (Lipinski definition) is 1. The highest BCUT2D eigenvalue weighted by Gasteiger charge is 2.34. The van der Waals surface area contributed by atoms with Crippen molar-refractivity contribution in [2.24, 2.45) is 5.73 Å². The number of halogens is 4. The Balaban J connectivity index is 2.24. The van der Waals surface area contributed by atoms with Crippen LogP contribution >= 0.6 is 0 Å². The van der Waals surface area contributed by atoms with E-state index in [0.29, 0.717) is 18.8 Å².